The molecule has 3 nitrogen and oxygen atoms in total. The number of hydrogen-bond donors (Lipinski definition) is 2. The molecule has 3 heteroatoms. The molecule has 72 valence electrons. The third-order valence-corrected chi connectivity index (χ3v) is 2.02. The van der Waals surface area contributed by atoms with E-state index in [1.54, 1.807) is 0 Å². The van der Waals surface area contributed by atoms with Gasteiger partial charge in [-0.2, -0.15) is 0 Å². The third-order valence-electron chi connectivity index (χ3n) is 2.02. The summed E-state index contributed by atoms with van der Waals surface area (Å²) in [7, 11) is 0. The topological polar surface area (TPSA) is 50.9 Å². The fourth-order valence-corrected chi connectivity index (χ4v) is 1.43. The van der Waals surface area contributed by atoms with Crippen molar-refractivity contribution >= 4 is 5.82 Å². The van der Waals surface area contributed by atoms with Gasteiger partial charge in [0, 0.05) is 24.3 Å². The minimum Gasteiger partial charge on any atom is -0.370 e. The summed E-state index contributed by atoms with van der Waals surface area (Å²) in [5.74, 6) is 0.933. The summed E-state index contributed by atoms with van der Waals surface area (Å²) < 4.78 is 0. The summed E-state index contributed by atoms with van der Waals surface area (Å²) in [6.07, 6.45) is 0. The Morgan fingerprint density at radius 1 is 1.46 bits per heavy atom. The van der Waals surface area contributed by atoms with Crippen molar-refractivity contribution in [3.63, 3.8) is 0 Å². The van der Waals surface area contributed by atoms with Gasteiger partial charge in [-0.05, 0) is 32.4 Å². The molecular formula is C10H17N3. The molecule has 0 atom stereocenters. The second-order valence-corrected chi connectivity index (χ2v) is 3.14. The van der Waals surface area contributed by atoms with Crippen LogP contribution in [0.4, 0.5) is 5.82 Å². The van der Waals surface area contributed by atoms with Crippen LogP contribution in [0.15, 0.2) is 6.07 Å². The highest BCUT2D eigenvalue weighted by atomic mass is 15.0. The molecule has 0 saturated carbocycles. The summed E-state index contributed by atoms with van der Waals surface area (Å²) >= 11 is 0. The second-order valence-electron chi connectivity index (χ2n) is 3.14. The first-order valence-corrected chi connectivity index (χ1v) is 4.60. The molecule has 1 aromatic rings. The van der Waals surface area contributed by atoms with E-state index < -0.39 is 0 Å². The van der Waals surface area contributed by atoms with Gasteiger partial charge in [0.1, 0.15) is 5.82 Å². The Labute approximate surface area is 79.4 Å². The highest BCUT2D eigenvalue weighted by molar-refractivity contribution is 5.49. The van der Waals surface area contributed by atoms with Gasteiger partial charge in [-0.25, -0.2) is 4.98 Å². The number of nitrogens with zero attached hydrogens (tertiary/aromatic N) is 1. The first-order valence-electron chi connectivity index (χ1n) is 4.60. The predicted octanol–water partition coefficient (Wildman–Crippen LogP) is 1.59. The highest BCUT2D eigenvalue weighted by Gasteiger charge is 2.05. The number of anilines is 1. The van der Waals surface area contributed by atoms with E-state index in [-0.39, 0.29) is 0 Å². The average Bonchev–Trinajstić information content (AvgIpc) is 2.04. The molecule has 1 heterocycles. The molecule has 0 aromatic carbocycles. The summed E-state index contributed by atoms with van der Waals surface area (Å²) in [6, 6.07) is 2.06. The van der Waals surface area contributed by atoms with Gasteiger partial charge in [-0.3, -0.25) is 0 Å². The summed E-state index contributed by atoms with van der Waals surface area (Å²) in [5.41, 5.74) is 9.02. The zero-order valence-electron chi connectivity index (χ0n) is 8.52. The average molecular weight is 179 g/mol. The van der Waals surface area contributed by atoms with E-state index in [1.165, 1.54) is 5.56 Å². The molecule has 0 saturated heterocycles. The van der Waals surface area contributed by atoms with Gasteiger partial charge in [0.05, 0.1) is 0 Å². The standard InChI is InChI=1S/C10H17N3/c1-4-12-10-9(6-11)7(2)5-8(3)13-10/h5H,4,6,11H2,1-3H3,(H,12,13). The molecule has 0 amide bonds. The van der Waals surface area contributed by atoms with Gasteiger partial charge in [-0.15, -0.1) is 0 Å². The monoisotopic (exact) mass is 179 g/mol. The molecule has 0 aliphatic rings. The van der Waals surface area contributed by atoms with Crippen molar-refractivity contribution in [2.45, 2.75) is 27.3 Å². The molecule has 0 fully saturated rings. The molecule has 0 bridgehead atoms. The number of aromatic nitrogens is 1. The van der Waals surface area contributed by atoms with E-state index in [4.69, 9.17) is 5.73 Å². The van der Waals surface area contributed by atoms with Gasteiger partial charge in [0.2, 0.25) is 0 Å². The Kier molecular flexibility index (Phi) is 3.25. The van der Waals surface area contributed by atoms with Crippen LogP contribution in [0.3, 0.4) is 0 Å². The molecule has 0 radical (unpaired) electrons. The third kappa shape index (κ3) is 2.18. The van der Waals surface area contributed by atoms with E-state index in [9.17, 15) is 0 Å². The van der Waals surface area contributed by atoms with Crippen molar-refractivity contribution < 1.29 is 0 Å². The van der Waals surface area contributed by atoms with Gasteiger partial charge < -0.3 is 11.1 Å². The Hall–Kier alpha value is -1.09. The minimum atomic E-state index is 0.543. The van der Waals surface area contributed by atoms with Crippen LogP contribution in [-0.4, -0.2) is 11.5 Å². The Bertz CT molecular complexity index is 294. The Balaban J connectivity index is 3.13. The molecule has 0 unspecified atom stereocenters. The fourth-order valence-electron chi connectivity index (χ4n) is 1.43. The maximum absolute atomic E-state index is 5.65. The molecule has 13 heavy (non-hydrogen) atoms. The largest absolute Gasteiger partial charge is 0.370 e. The maximum atomic E-state index is 5.65. The first-order chi connectivity index (χ1) is 6.19. The van der Waals surface area contributed by atoms with Crippen molar-refractivity contribution in [3.8, 4) is 0 Å². The SMILES string of the molecule is CCNc1nc(C)cc(C)c1CN. The van der Waals surface area contributed by atoms with Crippen LogP contribution in [-0.2, 0) is 6.54 Å². The van der Waals surface area contributed by atoms with Crippen LogP contribution in [0.5, 0.6) is 0 Å². The lowest BCUT2D eigenvalue weighted by Crippen LogP contribution is -2.09. The van der Waals surface area contributed by atoms with Gasteiger partial charge in [0.25, 0.3) is 0 Å². The zero-order chi connectivity index (χ0) is 9.84. The van der Waals surface area contributed by atoms with Crippen LogP contribution in [0.25, 0.3) is 0 Å². The van der Waals surface area contributed by atoms with Crippen LogP contribution < -0.4 is 11.1 Å². The van der Waals surface area contributed by atoms with Crippen molar-refractivity contribution in [2.75, 3.05) is 11.9 Å². The number of rotatable bonds is 3. The quantitative estimate of drug-likeness (QED) is 0.740. The fraction of sp³-hybridized carbons (Fsp3) is 0.500. The number of pyridine rings is 1. The number of nitrogens with two attached hydrogens (primary N) is 1. The lowest BCUT2D eigenvalue weighted by Gasteiger charge is -2.11. The van der Waals surface area contributed by atoms with E-state index in [2.05, 4.69) is 30.2 Å². The van der Waals surface area contributed by atoms with Crippen LogP contribution in [0.2, 0.25) is 0 Å². The van der Waals surface area contributed by atoms with E-state index in [0.29, 0.717) is 6.54 Å². The Morgan fingerprint density at radius 3 is 2.69 bits per heavy atom. The summed E-state index contributed by atoms with van der Waals surface area (Å²) in [5, 5.41) is 3.22. The highest BCUT2D eigenvalue weighted by Crippen LogP contribution is 2.17. The molecule has 3 N–H and O–H groups in total. The minimum absolute atomic E-state index is 0.543. The van der Waals surface area contributed by atoms with Crippen molar-refractivity contribution in [1.82, 2.24) is 4.98 Å². The number of hydrogen-bond acceptors (Lipinski definition) is 3. The van der Waals surface area contributed by atoms with Gasteiger partial charge in [-0.1, -0.05) is 0 Å². The van der Waals surface area contributed by atoms with E-state index >= 15 is 0 Å². The van der Waals surface area contributed by atoms with E-state index in [1.807, 2.05) is 6.92 Å². The molecule has 0 spiro atoms. The van der Waals surface area contributed by atoms with Gasteiger partial charge in [0.15, 0.2) is 0 Å². The lowest BCUT2D eigenvalue weighted by molar-refractivity contribution is 0.996. The van der Waals surface area contributed by atoms with Gasteiger partial charge >= 0.3 is 0 Å². The molecule has 0 aliphatic heterocycles. The van der Waals surface area contributed by atoms with Crippen LogP contribution >= 0.6 is 0 Å². The van der Waals surface area contributed by atoms with Crippen LogP contribution in [0, 0.1) is 13.8 Å². The lowest BCUT2D eigenvalue weighted by atomic mass is 10.1. The molecule has 0 aliphatic carbocycles. The molecular weight excluding hydrogens is 162 g/mol. The first kappa shape index (κ1) is 9.99. The smallest absolute Gasteiger partial charge is 0.130 e. The van der Waals surface area contributed by atoms with Crippen molar-refractivity contribution in [2.24, 2.45) is 5.73 Å². The maximum Gasteiger partial charge on any atom is 0.130 e. The van der Waals surface area contributed by atoms with Crippen molar-refractivity contribution in [1.29, 1.82) is 0 Å². The summed E-state index contributed by atoms with van der Waals surface area (Å²) in [4.78, 5) is 4.40. The second kappa shape index (κ2) is 4.23. The number of aryl methyl sites for hydroxylation is 2. The zero-order valence-corrected chi connectivity index (χ0v) is 8.52. The van der Waals surface area contributed by atoms with E-state index in [0.717, 1.165) is 23.6 Å². The predicted molar refractivity (Wildman–Crippen MR) is 55.8 cm³/mol. The Morgan fingerprint density at radius 2 is 2.15 bits per heavy atom. The normalized spacial score (nSPS) is 10.2. The molecule has 1 rings (SSSR count). The van der Waals surface area contributed by atoms with Crippen molar-refractivity contribution in [3.05, 3.63) is 22.9 Å². The number of nitrogens with one attached hydrogen (secondary N) is 1. The molecule has 1 aromatic heterocycles. The summed E-state index contributed by atoms with van der Waals surface area (Å²) in [6.45, 7) is 7.54. The van der Waals surface area contributed by atoms with Crippen LogP contribution in [0.1, 0.15) is 23.7 Å².